The van der Waals surface area contributed by atoms with E-state index in [0.29, 0.717) is 0 Å². The molecule has 1 amide bonds. The number of amides is 1. The Morgan fingerprint density at radius 2 is 1.36 bits per heavy atom. The molecule has 218 valence electrons. The third kappa shape index (κ3) is 7.30. The van der Waals surface area contributed by atoms with Crippen molar-refractivity contribution in [1.29, 1.82) is 0 Å². The quantitative estimate of drug-likeness (QED) is 0.304. The maximum atomic E-state index is 13.7. The highest BCUT2D eigenvalue weighted by atomic mass is 32.2. The summed E-state index contributed by atoms with van der Waals surface area (Å²) in [4.78, 5) is 39.9. The van der Waals surface area contributed by atoms with E-state index in [9.17, 15) is 22.8 Å². The first-order valence-corrected chi connectivity index (χ1v) is 14.4. The summed E-state index contributed by atoms with van der Waals surface area (Å²) in [5.41, 5.74) is -3.55. The van der Waals surface area contributed by atoms with E-state index >= 15 is 0 Å². The summed E-state index contributed by atoms with van der Waals surface area (Å²) in [7, 11) is -4.27. The molecule has 0 radical (unpaired) electrons. The zero-order chi connectivity index (χ0) is 29.8. The van der Waals surface area contributed by atoms with Crippen LogP contribution in [0.15, 0.2) is 29.2 Å². The van der Waals surface area contributed by atoms with Gasteiger partial charge in [0.15, 0.2) is 0 Å². The molecular formula is C28H41NO9S. The maximum absolute atomic E-state index is 13.7. The van der Waals surface area contributed by atoms with E-state index in [1.807, 2.05) is 6.92 Å². The second-order valence-electron chi connectivity index (χ2n) is 13.4. The van der Waals surface area contributed by atoms with Gasteiger partial charge in [-0.15, -0.1) is 0 Å². The minimum atomic E-state index is -4.27. The fourth-order valence-electron chi connectivity index (χ4n) is 4.98. The number of ether oxygens (including phenoxy) is 3. The van der Waals surface area contributed by atoms with Crippen molar-refractivity contribution >= 4 is 28.1 Å². The van der Waals surface area contributed by atoms with E-state index in [4.69, 9.17) is 18.4 Å². The third-order valence-electron chi connectivity index (χ3n) is 6.32. The molecule has 0 heterocycles. The lowest BCUT2D eigenvalue weighted by Gasteiger charge is -2.35. The van der Waals surface area contributed by atoms with Crippen LogP contribution >= 0.6 is 0 Å². The van der Waals surface area contributed by atoms with Gasteiger partial charge in [0.2, 0.25) is 0 Å². The number of alkyl carbamates (subject to hydrolysis) is 1. The molecule has 3 rings (SSSR count). The van der Waals surface area contributed by atoms with E-state index in [2.05, 4.69) is 5.32 Å². The van der Waals surface area contributed by atoms with Crippen molar-refractivity contribution < 1.29 is 41.2 Å². The lowest BCUT2D eigenvalue weighted by molar-refractivity contribution is -0.166. The Morgan fingerprint density at radius 3 is 1.85 bits per heavy atom. The fourth-order valence-corrected chi connectivity index (χ4v) is 6.08. The molecule has 5 atom stereocenters. The average molecular weight is 568 g/mol. The second-order valence-corrected chi connectivity index (χ2v) is 14.9. The smallest absolute Gasteiger partial charge is 0.408 e. The van der Waals surface area contributed by atoms with Crippen molar-refractivity contribution in [3.63, 3.8) is 0 Å². The lowest BCUT2D eigenvalue weighted by Crippen LogP contribution is -2.59. The number of esters is 2. The molecule has 39 heavy (non-hydrogen) atoms. The normalized spacial score (nSPS) is 26.8. The second kappa shape index (κ2) is 10.1. The number of rotatable bonds is 6. The van der Waals surface area contributed by atoms with Gasteiger partial charge in [0.05, 0.1) is 16.9 Å². The molecule has 11 heteroatoms. The number of aryl methyl sites for hydroxylation is 1. The molecule has 1 aromatic rings. The summed E-state index contributed by atoms with van der Waals surface area (Å²) in [6.07, 6.45) is -2.24. The summed E-state index contributed by atoms with van der Waals surface area (Å²) in [6.45, 7) is 17.0. The molecule has 0 saturated heterocycles. The van der Waals surface area contributed by atoms with Crippen LogP contribution in [-0.2, 0) is 38.1 Å². The van der Waals surface area contributed by atoms with Crippen LogP contribution in [-0.4, -0.2) is 54.9 Å². The number of nitrogens with one attached hydrogen (secondary N) is 1. The van der Waals surface area contributed by atoms with Gasteiger partial charge in [0.25, 0.3) is 10.1 Å². The predicted octanol–water partition coefficient (Wildman–Crippen LogP) is 4.28. The molecule has 0 bridgehead atoms. The SMILES string of the molecule is Cc1ccc(S(=O)(=O)O[C@H]2C[C@@](NC(=O)OC(C)(C)C)(C(=O)OC(C)(C)C)[C@@H]3[C@@H](C(=O)OC(C)(C)C)[C@@H]32)cc1. The van der Waals surface area contributed by atoms with Crippen molar-refractivity contribution in [3.05, 3.63) is 29.8 Å². The van der Waals surface area contributed by atoms with Gasteiger partial charge in [-0.25, -0.2) is 9.59 Å². The number of hydrogen-bond donors (Lipinski definition) is 1. The zero-order valence-corrected chi connectivity index (χ0v) is 25.2. The van der Waals surface area contributed by atoms with Crippen molar-refractivity contribution in [1.82, 2.24) is 5.32 Å². The molecule has 1 aromatic carbocycles. The first-order chi connectivity index (χ1) is 17.5. The molecule has 1 N–H and O–H groups in total. The van der Waals surface area contributed by atoms with Gasteiger partial charge in [0, 0.05) is 18.3 Å². The first kappa shape index (κ1) is 30.9. The van der Waals surface area contributed by atoms with Gasteiger partial charge in [-0.05, 0) is 81.4 Å². The van der Waals surface area contributed by atoms with Gasteiger partial charge < -0.3 is 19.5 Å². The van der Waals surface area contributed by atoms with Crippen molar-refractivity contribution in [2.45, 2.75) is 109 Å². The minimum absolute atomic E-state index is 0.0611. The molecule has 2 aliphatic carbocycles. The molecule has 0 aromatic heterocycles. The van der Waals surface area contributed by atoms with Crippen molar-refractivity contribution in [2.24, 2.45) is 17.8 Å². The Morgan fingerprint density at radius 1 is 0.846 bits per heavy atom. The summed E-state index contributed by atoms with van der Waals surface area (Å²) in [6, 6.07) is 6.14. The van der Waals surface area contributed by atoms with E-state index in [-0.39, 0.29) is 11.3 Å². The molecule has 0 unspecified atom stereocenters. The van der Waals surface area contributed by atoms with Crippen LogP contribution in [0.25, 0.3) is 0 Å². The number of carbonyl (C=O) groups excluding carboxylic acids is 3. The molecular weight excluding hydrogens is 526 g/mol. The molecule has 2 saturated carbocycles. The third-order valence-corrected chi connectivity index (χ3v) is 7.67. The number of carbonyl (C=O) groups is 3. The highest BCUT2D eigenvalue weighted by Crippen LogP contribution is 2.64. The number of fused-ring (bicyclic) bond motifs is 1. The Labute approximate surface area is 231 Å². The molecule has 10 nitrogen and oxygen atoms in total. The van der Waals surface area contributed by atoms with E-state index in [0.717, 1.165) is 5.56 Å². The van der Waals surface area contributed by atoms with E-state index < -0.39 is 74.3 Å². The minimum Gasteiger partial charge on any atom is -0.460 e. The van der Waals surface area contributed by atoms with Crippen LogP contribution in [0.1, 0.15) is 74.3 Å². The Kier molecular flexibility index (Phi) is 7.97. The van der Waals surface area contributed by atoms with Gasteiger partial charge in [-0.2, -0.15) is 8.42 Å². The van der Waals surface area contributed by atoms with Crippen LogP contribution in [0.3, 0.4) is 0 Å². The first-order valence-electron chi connectivity index (χ1n) is 13.0. The molecule has 0 aliphatic heterocycles. The topological polar surface area (TPSA) is 134 Å². The van der Waals surface area contributed by atoms with E-state index in [1.165, 1.54) is 12.1 Å². The largest absolute Gasteiger partial charge is 0.460 e. The zero-order valence-electron chi connectivity index (χ0n) is 24.4. The van der Waals surface area contributed by atoms with Crippen LogP contribution in [0, 0.1) is 24.7 Å². The van der Waals surface area contributed by atoms with Crippen LogP contribution < -0.4 is 5.32 Å². The number of hydrogen-bond acceptors (Lipinski definition) is 9. The fraction of sp³-hybridized carbons (Fsp3) is 0.679. The van der Waals surface area contributed by atoms with E-state index in [1.54, 1.807) is 74.4 Å². The predicted molar refractivity (Wildman–Crippen MR) is 142 cm³/mol. The van der Waals surface area contributed by atoms with Gasteiger partial charge in [-0.3, -0.25) is 8.98 Å². The Bertz CT molecular complexity index is 1220. The maximum Gasteiger partial charge on any atom is 0.408 e. The van der Waals surface area contributed by atoms with Gasteiger partial charge >= 0.3 is 18.0 Å². The van der Waals surface area contributed by atoms with Crippen molar-refractivity contribution in [3.8, 4) is 0 Å². The van der Waals surface area contributed by atoms with Gasteiger partial charge in [0.1, 0.15) is 22.3 Å². The number of benzene rings is 1. The molecule has 0 spiro atoms. The Balaban J connectivity index is 2.04. The van der Waals surface area contributed by atoms with Crippen LogP contribution in [0.4, 0.5) is 4.79 Å². The highest BCUT2D eigenvalue weighted by Gasteiger charge is 2.77. The summed E-state index contributed by atoms with van der Waals surface area (Å²) in [5.74, 6) is -3.87. The highest BCUT2D eigenvalue weighted by molar-refractivity contribution is 7.86. The standard InChI is InChI=1S/C28H41NO9S/c1-16-11-13-17(14-12-16)39(33,34)38-18-15-28(23(31)36-26(5,6)7,29-24(32)37-27(8,9)10)21-19(18)20(21)22(30)35-25(2,3)4/h11-14,18-21H,15H2,1-10H3,(H,29,32)/t18-,19-,20-,21-,28-/m0/s1. The van der Waals surface area contributed by atoms with Crippen LogP contribution in [0.5, 0.6) is 0 Å². The average Bonchev–Trinajstić information content (AvgIpc) is 3.38. The van der Waals surface area contributed by atoms with Crippen molar-refractivity contribution in [2.75, 3.05) is 0 Å². The summed E-state index contributed by atoms with van der Waals surface area (Å²) < 4.78 is 48.8. The lowest BCUT2D eigenvalue weighted by atomic mass is 9.89. The summed E-state index contributed by atoms with van der Waals surface area (Å²) >= 11 is 0. The molecule has 2 fully saturated rings. The molecule has 2 aliphatic rings. The Hall–Kier alpha value is -2.66. The van der Waals surface area contributed by atoms with Gasteiger partial charge in [-0.1, -0.05) is 17.7 Å². The summed E-state index contributed by atoms with van der Waals surface area (Å²) in [5, 5.41) is 2.66. The van der Waals surface area contributed by atoms with Crippen LogP contribution in [0.2, 0.25) is 0 Å². The monoisotopic (exact) mass is 567 g/mol.